The monoisotopic (exact) mass is 874 g/mol. The van der Waals surface area contributed by atoms with Gasteiger partial charge in [0.15, 0.2) is 0 Å². The van der Waals surface area contributed by atoms with Crippen molar-refractivity contribution in [3.8, 4) is 0 Å². The fraction of sp³-hybridized carbons (Fsp3) is 0.787. The average Bonchev–Trinajstić information content (AvgIpc) is 3.28. The molecule has 0 aliphatic rings. The molecule has 0 aromatic heterocycles. The van der Waals surface area contributed by atoms with Gasteiger partial charge in [-0.05, 0) is 134 Å². The summed E-state index contributed by atoms with van der Waals surface area (Å²) in [6.07, 6.45) is 78.4. The fourth-order valence-corrected chi connectivity index (χ4v) is 8.60. The van der Waals surface area contributed by atoms with Gasteiger partial charge in [-0.3, -0.25) is 4.79 Å². The van der Waals surface area contributed by atoms with Crippen molar-refractivity contribution >= 4 is 5.91 Å². The fourth-order valence-electron chi connectivity index (χ4n) is 8.60. The Morgan fingerprint density at radius 3 is 0.984 bits per heavy atom. The van der Waals surface area contributed by atoms with Crippen LogP contribution in [0.2, 0.25) is 0 Å². The number of hydrogen-bond donors (Lipinski definition) is 0. The van der Waals surface area contributed by atoms with Gasteiger partial charge in [0.1, 0.15) is 0 Å². The maximum absolute atomic E-state index is 14.0. The van der Waals surface area contributed by atoms with Crippen LogP contribution < -0.4 is 0 Å². The second kappa shape index (κ2) is 52.5. The molecule has 366 valence electrons. The summed E-state index contributed by atoms with van der Waals surface area (Å²) in [7, 11) is 0. The molecule has 0 bridgehead atoms. The molecular weight excluding hydrogens is 763 g/mol. The molecule has 2 heteroatoms. The highest BCUT2D eigenvalue weighted by Gasteiger charge is 2.23. The first-order chi connectivity index (χ1) is 31.1. The van der Waals surface area contributed by atoms with Crippen LogP contribution in [0.1, 0.15) is 291 Å². The van der Waals surface area contributed by atoms with Crippen LogP contribution in [0.25, 0.3) is 0 Å². The SMILES string of the molecule is CCCCC/C=C\C/C=C\CCCCCCCCC(CCCCCCCC/C=C\C/C=C\CCCCC)N(CCCC(C)C)C(=O)CCCCCCC/C=C\C/C=C\CCCCC. The Morgan fingerprint density at radius 1 is 0.349 bits per heavy atom. The standard InChI is InChI=1S/C61H111NO/c1-6-9-12-15-18-21-24-27-30-33-35-38-41-44-47-50-55-60(56-51-48-45-42-39-36-34-31-28-25-22-19-16-13-10-7-2)62(58-53-54-59(4)5)61(63)57-52-49-46-43-40-37-32-29-26-23-20-17-14-11-8-3/h18-23,27-32,59-60H,6-17,24-26,33-58H2,1-5H3/b21-18-,22-19-,23-20-,30-27-,31-28-,32-29-. The number of unbranched alkanes of at least 4 members (excludes halogenated alkanes) is 26. The van der Waals surface area contributed by atoms with Crippen molar-refractivity contribution < 1.29 is 4.79 Å². The first-order valence-electron chi connectivity index (χ1n) is 28.3. The van der Waals surface area contributed by atoms with E-state index >= 15 is 0 Å². The van der Waals surface area contributed by atoms with Crippen molar-refractivity contribution in [1.29, 1.82) is 0 Å². The van der Waals surface area contributed by atoms with Gasteiger partial charge < -0.3 is 4.90 Å². The van der Waals surface area contributed by atoms with Crippen molar-refractivity contribution in [1.82, 2.24) is 4.90 Å². The maximum atomic E-state index is 14.0. The highest BCUT2D eigenvalue weighted by atomic mass is 16.2. The van der Waals surface area contributed by atoms with Crippen molar-refractivity contribution in [2.75, 3.05) is 6.54 Å². The van der Waals surface area contributed by atoms with Gasteiger partial charge in [0.05, 0.1) is 0 Å². The molecule has 1 amide bonds. The van der Waals surface area contributed by atoms with Gasteiger partial charge in [0.2, 0.25) is 5.91 Å². The molecule has 0 unspecified atom stereocenters. The average molecular weight is 875 g/mol. The lowest BCUT2D eigenvalue weighted by Crippen LogP contribution is -2.41. The summed E-state index contributed by atoms with van der Waals surface area (Å²) in [5.41, 5.74) is 0. The zero-order valence-corrected chi connectivity index (χ0v) is 43.4. The topological polar surface area (TPSA) is 20.3 Å². The van der Waals surface area contributed by atoms with Crippen LogP contribution in [0.3, 0.4) is 0 Å². The molecule has 0 N–H and O–H groups in total. The second-order valence-corrected chi connectivity index (χ2v) is 19.5. The molecule has 2 nitrogen and oxygen atoms in total. The van der Waals surface area contributed by atoms with Crippen molar-refractivity contribution in [2.24, 2.45) is 5.92 Å². The molecule has 0 aromatic rings. The molecule has 0 spiro atoms. The van der Waals surface area contributed by atoms with Crippen LogP contribution in [0.4, 0.5) is 0 Å². The Hall–Kier alpha value is -2.09. The zero-order valence-electron chi connectivity index (χ0n) is 43.4. The molecule has 0 heterocycles. The van der Waals surface area contributed by atoms with Gasteiger partial charge >= 0.3 is 0 Å². The van der Waals surface area contributed by atoms with E-state index in [4.69, 9.17) is 0 Å². The lowest BCUT2D eigenvalue weighted by Gasteiger charge is -2.33. The second-order valence-electron chi connectivity index (χ2n) is 19.5. The van der Waals surface area contributed by atoms with Crippen LogP contribution in [0.15, 0.2) is 72.9 Å². The number of amides is 1. The molecule has 0 radical (unpaired) electrons. The van der Waals surface area contributed by atoms with Crippen LogP contribution in [-0.2, 0) is 4.79 Å². The Morgan fingerprint density at radius 2 is 0.651 bits per heavy atom. The van der Waals surface area contributed by atoms with E-state index in [1.54, 1.807) is 0 Å². The van der Waals surface area contributed by atoms with E-state index in [1.165, 1.54) is 218 Å². The smallest absolute Gasteiger partial charge is 0.222 e. The number of nitrogens with zero attached hydrogens (tertiary/aromatic N) is 1. The highest BCUT2D eigenvalue weighted by Crippen LogP contribution is 2.22. The summed E-state index contributed by atoms with van der Waals surface area (Å²) >= 11 is 0. The summed E-state index contributed by atoms with van der Waals surface area (Å²) in [6.45, 7) is 12.5. The predicted molar refractivity (Wildman–Crippen MR) is 287 cm³/mol. The normalized spacial score (nSPS) is 12.6. The zero-order chi connectivity index (χ0) is 45.8. The first-order valence-corrected chi connectivity index (χ1v) is 28.3. The number of carbonyl (C=O) groups is 1. The molecule has 0 aromatic carbocycles. The third kappa shape index (κ3) is 47.7. The molecule has 63 heavy (non-hydrogen) atoms. The van der Waals surface area contributed by atoms with Crippen molar-refractivity contribution in [3.05, 3.63) is 72.9 Å². The minimum atomic E-state index is 0.430. The Bertz CT molecular complexity index is 1040. The number of rotatable bonds is 49. The largest absolute Gasteiger partial charge is 0.340 e. The van der Waals surface area contributed by atoms with E-state index in [1.807, 2.05) is 0 Å². The molecule has 0 rings (SSSR count). The Balaban J connectivity index is 4.87. The molecule has 0 saturated carbocycles. The molecular formula is C61H111NO. The minimum absolute atomic E-state index is 0.430. The van der Waals surface area contributed by atoms with E-state index in [-0.39, 0.29) is 0 Å². The van der Waals surface area contributed by atoms with Gasteiger partial charge in [0.25, 0.3) is 0 Å². The molecule has 0 atom stereocenters. The Labute approximate surface area is 396 Å². The molecule has 0 saturated heterocycles. The highest BCUT2D eigenvalue weighted by molar-refractivity contribution is 5.76. The number of allylic oxidation sites excluding steroid dienone is 12. The number of carbonyl (C=O) groups excluding carboxylic acids is 1. The van der Waals surface area contributed by atoms with Crippen LogP contribution in [-0.4, -0.2) is 23.4 Å². The van der Waals surface area contributed by atoms with Gasteiger partial charge in [-0.25, -0.2) is 0 Å². The summed E-state index contributed by atoms with van der Waals surface area (Å²) < 4.78 is 0. The van der Waals surface area contributed by atoms with E-state index in [2.05, 4.69) is 112 Å². The van der Waals surface area contributed by atoms with Gasteiger partial charge in [0, 0.05) is 19.0 Å². The van der Waals surface area contributed by atoms with Crippen LogP contribution in [0.5, 0.6) is 0 Å². The molecule has 0 fully saturated rings. The first kappa shape index (κ1) is 60.9. The summed E-state index contributed by atoms with van der Waals surface area (Å²) in [6, 6.07) is 0.430. The summed E-state index contributed by atoms with van der Waals surface area (Å²) in [5.74, 6) is 1.15. The summed E-state index contributed by atoms with van der Waals surface area (Å²) in [5, 5.41) is 0. The van der Waals surface area contributed by atoms with Crippen molar-refractivity contribution in [2.45, 2.75) is 297 Å². The van der Waals surface area contributed by atoms with E-state index in [9.17, 15) is 4.79 Å². The Kier molecular flexibility index (Phi) is 50.8. The maximum Gasteiger partial charge on any atom is 0.222 e. The van der Waals surface area contributed by atoms with E-state index in [0.29, 0.717) is 17.9 Å². The van der Waals surface area contributed by atoms with Crippen LogP contribution >= 0.6 is 0 Å². The van der Waals surface area contributed by atoms with Gasteiger partial charge in [-0.15, -0.1) is 0 Å². The quantitative estimate of drug-likeness (QED) is 0.0441. The number of hydrogen-bond acceptors (Lipinski definition) is 1. The van der Waals surface area contributed by atoms with E-state index in [0.717, 1.165) is 45.1 Å². The lowest BCUT2D eigenvalue weighted by atomic mass is 9.97. The van der Waals surface area contributed by atoms with Gasteiger partial charge in [-0.2, -0.15) is 0 Å². The van der Waals surface area contributed by atoms with E-state index < -0.39 is 0 Å². The summed E-state index contributed by atoms with van der Waals surface area (Å²) in [4.78, 5) is 16.4. The lowest BCUT2D eigenvalue weighted by molar-refractivity contribution is -0.134. The molecule has 0 aliphatic heterocycles. The third-order valence-electron chi connectivity index (χ3n) is 12.8. The molecule has 0 aliphatic carbocycles. The minimum Gasteiger partial charge on any atom is -0.340 e. The predicted octanol–water partition coefficient (Wildman–Crippen LogP) is 20.8. The van der Waals surface area contributed by atoms with Gasteiger partial charge in [-0.1, -0.05) is 230 Å². The van der Waals surface area contributed by atoms with Crippen LogP contribution in [0, 0.1) is 5.92 Å². The van der Waals surface area contributed by atoms with Crippen molar-refractivity contribution in [3.63, 3.8) is 0 Å². The third-order valence-corrected chi connectivity index (χ3v) is 12.8.